The topological polar surface area (TPSA) is 92.5 Å². The summed E-state index contributed by atoms with van der Waals surface area (Å²) in [7, 11) is 0. The van der Waals surface area contributed by atoms with Crippen LogP contribution in [0, 0.1) is 12.8 Å². The van der Waals surface area contributed by atoms with Crippen LogP contribution in [0.15, 0.2) is 53.4 Å². The minimum Gasteiger partial charge on any atom is -0.369 e. The van der Waals surface area contributed by atoms with E-state index in [4.69, 9.17) is 5.73 Å². The molecule has 1 atom stereocenters. The fourth-order valence-corrected chi connectivity index (χ4v) is 3.68. The minimum atomic E-state index is -0.423. The monoisotopic (exact) mass is 383 g/mol. The van der Waals surface area contributed by atoms with Crippen LogP contribution in [0.3, 0.4) is 0 Å². The largest absolute Gasteiger partial charge is 0.369 e. The second-order valence-corrected chi connectivity index (χ2v) is 7.50. The van der Waals surface area contributed by atoms with E-state index in [1.165, 1.54) is 11.8 Å². The van der Waals surface area contributed by atoms with Crippen molar-refractivity contribution in [2.45, 2.75) is 18.2 Å². The summed E-state index contributed by atoms with van der Waals surface area (Å²) < 4.78 is 0. The Morgan fingerprint density at radius 1 is 1.19 bits per heavy atom. The smallest absolute Gasteiger partial charge is 0.229 e. The molecule has 0 aromatic heterocycles. The van der Waals surface area contributed by atoms with Crippen LogP contribution in [0.25, 0.3) is 0 Å². The van der Waals surface area contributed by atoms with Crippen molar-refractivity contribution in [3.63, 3.8) is 0 Å². The van der Waals surface area contributed by atoms with Gasteiger partial charge in [-0.2, -0.15) is 0 Å². The summed E-state index contributed by atoms with van der Waals surface area (Å²) >= 11 is 1.27. The molecule has 1 aliphatic heterocycles. The van der Waals surface area contributed by atoms with E-state index in [1.807, 2.05) is 49.4 Å². The summed E-state index contributed by atoms with van der Waals surface area (Å²) in [6.45, 7) is 2.34. The number of thioether (sulfide) groups is 1. The average molecular weight is 383 g/mol. The minimum absolute atomic E-state index is 0.0598. The second kappa shape index (κ2) is 8.26. The SMILES string of the molecule is Cc1ccc(N2CC(C(=O)Nc3ccccc3SCC(N)=O)CC2=O)cc1. The van der Waals surface area contributed by atoms with Crippen molar-refractivity contribution in [3.05, 3.63) is 54.1 Å². The number of carbonyl (C=O) groups excluding carboxylic acids is 3. The zero-order chi connectivity index (χ0) is 19.4. The maximum atomic E-state index is 12.7. The van der Waals surface area contributed by atoms with Gasteiger partial charge in [0.15, 0.2) is 0 Å². The van der Waals surface area contributed by atoms with E-state index in [9.17, 15) is 14.4 Å². The summed E-state index contributed by atoms with van der Waals surface area (Å²) in [5, 5.41) is 2.89. The van der Waals surface area contributed by atoms with Gasteiger partial charge in [-0.1, -0.05) is 29.8 Å². The highest BCUT2D eigenvalue weighted by Crippen LogP contribution is 2.29. The molecule has 1 fully saturated rings. The van der Waals surface area contributed by atoms with Crippen LogP contribution in [0.4, 0.5) is 11.4 Å². The van der Waals surface area contributed by atoms with E-state index in [2.05, 4.69) is 5.32 Å². The van der Waals surface area contributed by atoms with Gasteiger partial charge in [0.1, 0.15) is 0 Å². The van der Waals surface area contributed by atoms with Gasteiger partial charge in [-0.15, -0.1) is 11.8 Å². The molecule has 3 rings (SSSR count). The van der Waals surface area contributed by atoms with Crippen LogP contribution in [-0.4, -0.2) is 30.0 Å². The fraction of sp³-hybridized carbons (Fsp3) is 0.250. The molecule has 0 radical (unpaired) electrons. The van der Waals surface area contributed by atoms with Gasteiger partial charge in [0.2, 0.25) is 17.7 Å². The van der Waals surface area contributed by atoms with Gasteiger partial charge in [0, 0.05) is 23.5 Å². The first-order chi connectivity index (χ1) is 12.9. The summed E-state index contributed by atoms with van der Waals surface area (Å²) in [6.07, 6.45) is 0.177. The molecule has 3 amide bonds. The molecule has 6 nitrogen and oxygen atoms in total. The van der Waals surface area contributed by atoms with Crippen LogP contribution in [0.2, 0.25) is 0 Å². The Hall–Kier alpha value is -2.80. The number of benzene rings is 2. The van der Waals surface area contributed by atoms with Crippen LogP contribution in [0.5, 0.6) is 0 Å². The molecule has 2 aromatic carbocycles. The standard InChI is InChI=1S/C20H21N3O3S/c1-13-6-8-15(9-7-13)23-11-14(10-19(23)25)20(26)22-16-4-2-3-5-17(16)27-12-18(21)24/h2-9,14H,10-12H2,1H3,(H2,21,24)(H,22,26). The van der Waals surface area contributed by atoms with Crippen LogP contribution >= 0.6 is 11.8 Å². The Balaban J connectivity index is 1.68. The number of para-hydroxylation sites is 1. The third-order valence-electron chi connectivity index (χ3n) is 4.36. The predicted octanol–water partition coefficient (Wildman–Crippen LogP) is 2.56. The van der Waals surface area contributed by atoms with Gasteiger partial charge in [0.05, 0.1) is 17.4 Å². The Morgan fingerprint density at radius 2 is 1.89 bits per heavy atom. The summed E-state index contributed by atoms with van der Waals surface area (Å²) in [5.41, 5.74) is 7.74. The number of nitrogens with two attached hydrogens (primary N) is 1. The molecule has 0 spiro atoms. The summed E-state index contributed by atoms with van der Waals surface area (Å²) in [6, 6.07) is 14.9. The van der Waals surface area contributed by atoms with Crippen LogP contribution in [-0.2, 0) is 14.4 Å². The molecule has 3 N–H and O–H groups in total. The molecular formula is C20H21N3O3S. The Kier molecular flexibility index (Phi) is 5.81. The zero-order valence-corrected chi connectivity index (χ0v) is 15.8. The molecule has 1 unspecified atom stereocenters. The van der Waals surface area contributed by atoms with E-state index in [0.29, 0.717) is 12.2 Å². The maximum absolute atomic E-state index is 12.7. The number of hydrogen-bond donors (Lipinski definition) is 2. The number of amides is 3. The first kappa shape index (κ1) is 19.0. The number of primary amides is 1. The Labute approximate surface area is 162 Å². The van der Waals surface area contributed by atoms with Gasteiger partial charge in [-0.25, -0.2) is 0 Å². The van der Waals surface area contributed by atoms with Gasteiger partial charge in [-0.05, 0) is 31.2 Å². The third kappa shape index (κ3) is 4.68. The lowest BCUT2D eigenvalue weighted by Crippen LogP contribution is -2.28. The number of aryl methyl sites for hydroxylation is 1. The van der Waals surface area contributed by atoms with Gasteiger partial charge in [-0.3, -0.25) is 14.4 Å². The maximum Gasteiger partial charge on any atom is 0.229 e. The molecule has 140 valence electrons. The highest BCUT2D eigenvalue weighted by atomic mass is 32.2. The predicted molar refractivity (Wildman–Crippen MR) is 107 cm³/mol. The molecule has 2 aromatic rings. The molecule has 0 bridgehead atoms. The van der Waals surface area contributed by atoms with Crippen LogP contribution < -0.4 is 16.0 Å². The number of nitrogens with one attached hydrogen (secondary N) is 1. The molecule has 7 heteroatoms. The molecule has 1 saturated heterocycles. The number of rotatable bonds is 6. The summed E-state index contributed by atoms with van der Waals surface area (Å²) in [4.78, 5) is 38.5. The Bertz CT molecular complexity index is 867. The van der Waals surface area contributed by atoms with Crippen molar-refractivity contribution in [2.75, 3.05) is 22.5 Å². The second-order valence-electron chi connectivity index (χ2n) is 6.48. The number of carbonyl (C=O) groups is 3. The fourth-order valence-electron chi connectivity index (χ4n) is 2.94. The van der Waals surface area contributed by atoms with Crippen molar-refractivity contribution >= 4 is 40.9 Å². The molecular weight excluding hydrogens is 362 g/mol. The van der Waals surface area contributed by atoms with E-state index < -0.39 is 11.8 Å². The molecule has 0 saturated carbocycles. The quantitative estimate of drug-likeness (QED) is 0.750. The normalized spacial score (nSPS) is 16.4. The molecule has 27 heavy (non-hydrogen) atoms. The number of anilines is 2. The highest BCUT2D eigenvalue weighted by Gasteiger charge is 2.35. The van der Waals surface area contributed by atoms with Gasteiger partial charge < -0.3 is 16.0 Å². The molecule has 1 aliphatic rings. The molecule has 1 heterocycles. The summed E-state index contributed by atoms with van der Waals surface area (Å²) in [5.74, 6) is -0.972. The Morgan fingerprint density at radius 3 is 2.59 bits per heavy atom. The highest BCUT2D eigenvalue weighted by molar-refractivity contribution is 8.00. The molecule has 0 aliphatic carbocycles. The van der Waals surface area contributed by atoms with Crippen molar-refractivity contribution in [2.24, 2.45) is 11.7 Å². The lowest BCUT2D eigenvalue weighted by molar-refractivity contribution is -0.122. The van der Waals surface area contributed by atoms with E-state index >= 15 is 0 Å². The van der Waals surface area contributed by atoms with Gasteiger partial charge >= 0.3 is 0 Å². The lowest BCUT2D eigenvalue weighted by atomic mass is 10.1. The van der Waals surface area contributed by atoms with E-state index in [0.717, 1.165) is 16.1 Å². The van der Waals surface area contributed by atoms with Crippen LogP contribution in [0.1, 0.15) is 12.0 Å². The van der Waals surface area contributed by atoms with Crippen molar-refractivity contribution in [1.82, 2.24) is 0 Å². The van der Waals surface area contributed by atoms with Crippen molar-refractivity contribution in [3.8, 4) is 0 Å². The third-order valence-corrected chi connectivity index (χ3v) is 5.45. The number of nitrogens with zero attached hydrogens (tertiary/aromatic N) is 1. The average Bonchev–Trinajstić information content (AvgIpc) is 3.03. The van der Waals surface area contributed by atoms with Crippen molar-refractivity contribution < 1.29 is 14.4 Å². The van der Waals surface area contributed by atoms with E-state index in [1.54, 1.807) is 11.0 Å². The van der Waals surface area contributed by atoms with Gasteiger partial charge in [0.25, 0.3) is 0 Å². The zero-order valence-electron chi connectivity index (χ0n) is 15.0. The first-order valence-corrected chi connectivity index (χ1v) is 9.60. The van der Waals surface area contributed by atoms with Crippen molar-refractivity contribution in [1.29, 1.82) is 0 Å². The van der Waals surface area contributed by atoms with E-state index in [-0.39, 0.29) is 24.0 Å². The number of hydrogen-bond acceptors (Lipinski definition) is 4. The lowest BCUT2D eigenvalue weighted by Gasteiger charge is -2.17. The first-order valence-electron chi connectivity index (χ1n) is 8.62.